The van der Waals surface area contributed by atoms with Crippen LogP contribution in [0, 0.1) is 6.92 Å². The number of rotatable bonds is 7. The van der Waals surface area contributed by atoms with Crippen LogP contribution in [0.15, 0.2) is 30.6 Å². The highest BCUT2D eigenvalue weighted by Crippen LogP contribution is 2.27. The number of hydrogen-bond acceptors (Lipinski definition) is 6. The van der Waals surface area contributed by atoms with Crippen molar-refractivity contribution in [3.8, 4) is 11.1 Å². The molecule has 0 atom stereocenters. The molecule has 0 aliphatic heterocycles. The van der Waals surface area contributed by atoms with Crippen LogP contribution in [0.5, 0.6) is 0 Å². The molecule has 0 aliphatic rings. The summed E-state index contributed by atoms with van der Waals surface area (Å²) in [5.74, 6) is -0.0804. The lowest BCUT2D eigenvalue weighted by Gasteiger charge is -2.09. The van der Waals surface area contributed by atoms with E-state index in [1.807, 2.05) is 17.6 Å². The Bertz CT molecular complexity index is 991. The van der Waals surface area contributed by atoms with E-state index in [2.05, 4.69) is 32.6 Å². The van der Waals surface area contributed by atoms with E-state index in [1.165, 1.54) is 7.11 Å². The molecule has 2 aromatic heterocycles. The van der Waals surface area contributed by atoms with Gasteiger partial charge in [-0.1, -0.05) is 19.1 Å². The summed E-state index contributed by atoms with van der Waals surface area (Å²) < 4.78 is 6.70. The highest BCUT2D eigenvalue weighted by atomic mass is 16.5. The minimum atomic E-state index is -0.538. The number of esters is 1. The van der Waals surface area contributed by atoms with Gasteiger partial charge in [0.25, 0.3) is 5.91 Å². The van der Waals surface area contributed by atoms with Crippen molar-refractivity contribution in [2.24, 2.45) is 0 Å². The van der Waals surface area contributed by atoms with Crippen LogP contribution >= 0.6 is 0 Å². The van der Waals surface area contributed by atoms with E-state index < -0.39 is 5.97 Å². The number of hydrogen-bond donors (Lipinski definition) is 2. The first-order valence-corrected chi connectivity index (χ1v) is 8.93. The second-order valence-electron chi connectivity index (χ2n) is 6.27. The molecule has 2 N–H and O–H groups in total. The summed E-state index contributed by atoms with van der Waals surface area (Å²) in [6, 6.07) is 7.01. The number of carbonyl (C=O) groups is 2. The highest BCUT2D eigenvalue weighted by Gasteiger charge is 2.20. The Balaban J connectivity index is 1.80. The molecule has 0 saturated heterocycles. The van der Waals surface area contributed by atoms with Crippen molar-refractivity contribution in [1.82, 2.24) is 30.3 Å². The van der Waals surface area contributed by atoms with Crippen LogP contribution in [0.2, 0.25) is 0 Å². The Morgan fingerprint density at radius 3 is 2.89 bits per heavy atom. The summed E-state index contributed by atoms with van der Waals surface area (Å²) in [4.78, 5) is 24.6. The Morgan fingerprint density at radius 2 is 2.14 bits per heavy atom. The molecular formula is C19H22N6O3. The number of amides is 1. The monoisotopic (exact) mass is 382 g/mol. The van der Waals surface area contributed by atoms with Gasteiger partial charge in [-0.2, -0.15) is 5.10 Å². The van der Waals surface area contributed by atoms with E-state index in [1.54, 1.807) is 24.5 Å². The maximum atomic E-state index is 12.6. The fourth-order valence-corrected chi connectivity index (χ4v) is 2.95. The second kappa shape index (κ2) is 8.47. The SMILES string of the molecule is CCCn1cnnc1CNC(=O)c1cccc(-c2c(C(=O)OC)n[nH]c2C)c1. The fraction of sp³-hybridized carbons (Fsp3) is 0.316. The van der Waals surface area contributed by atoms with E-state index in [4.69, 9.17) is 4.74 Å². The van der Waals surface area contributed by atoms with Crippen molar-refractivity contribution in [2.45, 2.75) is 33.4 Å². The molecule has 9 nitrogen and oxygen atoms in total. The lowest BCUT2D eigenvalue weighted by molar-refractivity contribution is 0.0594. The average molecular weight is 382 g/mol. The largest absolute Gasteiger partial charge is 0.464 e. The number of aryl methyl sites for hydroxylation is 2. The zero-order valence-corrected chi connectivity index (χ0v) is 16.0. The van der Waals surface area contributed by atoms with Gasteiger partial charge in [-0.25, -0.2) is 4.79 Å². The number of H-pyrrole nitrogens is 1. The molecule has 0 bridgehead atoms. The smallest absolute Gasteiger partial charge is 0.359 e. The average Bonchev–Trinajstić information content (AvgIpc) is 3.32. The Morgan fingerprint density at radius 1 is 1.32 bits per heavy atom. The zero-order chi connectivity index (χ0) is 20.1. The van der Waals surface area contributed by atoms with E-state index in [-0.39, 0.29) is 18.1 Å². The third-order valence-corrected chi connectivity index (χ3v) is 4.31. The second-order valence-corrected chi connectivity index (χ2v) is 6.27. The molecular weight excluding hydrogens is 360 g/mol. The summed E-state index contributed by atoms with van der Waals surface area (Å²) in [5, 5.41) is 17.6. The number of aromatic nitrogens is 5. The Kier molecular flexibility index (Phi) is 5.83. The maximum Gasteiger partial charge on any atom is 0.359 e. The van der Waals surface area contributed by atoms with Crippen LogP contribution in [-0.4, -0.2) is 43.9 Å². The van der Waals surface area contributed by atoms with Crippen molar-refractivity contribution in [3.05, 3.63) is 53.4 Å². The minimum absolute atomic E-state index is 0.185. The number of nitrogens with zero attached hydrogens (tertiary/aromatic N) is 4. The third-order valence-electron chi connectivity index (χ3n) is 4.31. The lowest BCUT2D eigenvalue weighted by atomic mass is 10.0. The predicted octanol–water partition coefficient (Wildman–Crippen LogP) is 2.10. The number of ether oxygens (including phenoxy) is 1. The Hall–Kier alpha value is -3.49. The minimum Gasteiger partial charge on any atom is -0.464 e. The van der Waals surface area contributed by atoms with Crippen molar-refractivity contribution >= 4 is 11.9 Å². The number of aromatic amines is 1. The number of nitrogens with one attached hydrogen (secondary N) is 2. The van der Waals surface area contributed by atoms with Gasteiger partial charge in [0.1, 0.15) is 6.33 Å². The molecule has 0 unspecified atom stereocenters. The molecule has 3 aromatic rings. The predicted molar refractivity (Wildman–Crippen MR) is 102 cm³/mol. The standard InChI is InChI=1S/C19H22N6O3/c1-4-8-25-11-21-23-15(25)10-20-18(26)14-7-5-6-13(9-14)16-12(2)22-24-17(16)19(27)28-3/h5-7,9,11H,4,8,10H2,1-3H3,(H,20,26)(H,22,24). The molecule has 0 saturated carbocycles. The van der Waals surface area contributed by atoms with Crippen molar-refractivity contribution in [2.75, 3.05) is 7.11 Å². The first kappa shape index (κ1) is 19.3. The van der Waals surface area contributed by atoms with Gasteiger partial charge in [-0.3, -0.25) is 9.89 Å². The summed E-state index contributed by atoms with van der Waals surface area (Å²) in [6.45, 7) is 4.95. The van der Waals surface area contributed by atoms with Gasteiger partial charge in [0.15, 0.2) is 11.5 Å². The fourth-order valence-electron chi connectivity index (χ4n) is 2.95. The summed E-state index contributed by atoms with van der Waals surface area (Å²) in [5.41, 5.74) is 2.68. The van der Waals surface area contributed by atoms with E-state index >= 15 is 0 Å². The maximum absolute atomic E-state index is 12.6. The van der Waals surface area contributed by atoms with Crippen LogP contribution in [-0.2, 0) is 17.8 Å². The number of carbonyl (C=O) groups excluding carboxylic acids is 2. The summed E-state index contributed by atoms with van der Waals surface area (Å²) in [6.07, 6.45) is 2.61. The molecule has 146 valence electrons. The van der Waals surface area contributed by atoms with Crippen LogP contribution in [0.1, 0.15) is 45.7 Å². The molecule has 0 radical (unpaired) electrons. The molecule has 28 heavy (non-hydrogen) atoms. The molecule has 0 spiro atoms. The molecule has 9 heteroatoms. The summed E-state index contributed by atoms with van der Waals surface area (Å²) in [7, 11) is 1.30. The van der Waals surface area contributed by atoms with Crippen LogP contribution in [0.4, 0.5) is 0 Å². The first-order valence-electron chi connectivity index (χ1n) is 8.93. The van der Waals surface area contributed by atoms with Gasteiger partial charge in [0.05, 0.1) is 13.7 Å². The molecule has 1 amide bonds. The van der Waals surface area contributed by atoms with E-state index in [0.29, 0.717) is 28.2 Å². The molecule has 0 aliphatic carbocycles. The Labute approximate surface area is 162 Å². The molecule has 0 fully saturated rings. The van der Waals surface area contributed by atoms with Gasteiger partial charge in [-0.15, -0.1) is 10.2 Å². The van der Waals surface area contributed by atoms with Gasteiger partial charge >= 0.3 is 5.97 Å². The molecule has 2 heterocycles. The normalized spacial score (nSPS) is 10.7. The lowest BCUT2D eigenvalue weighted by Crippen LogP contribution is -2.24. The number of benzene rings is 1. The highest BCUT2D eigenvalue weighted by molar-refractivity contribution is 5.98. The quantitative estimate of drug-likeness (QED) is 0.605. The van der Waals surface area contributed by atoms with E-state index in [9.17, 15) is 9.59 Å². The van der Waals surface area contributed by atoms with Gasteiger partial charge in [-0.05, 0) is 31.0 Å². The van der Waals surface area contributed by atoms with Gasteiger partial charge < -0.3 is 14.6 Å². The van der Waals surface area contributed by atoms with Crippen molar-refractivity contribution < 1.29 is 14.3 Å². The van der Waals surface area contributed by atoms with Crippen LogP contribution in [0.3, 0.4) is 0 Å². The van der Waals surface area contributed by atoms with Gasteiger partial charge in [0.2, 0.25) is 0 Å². The van der Waals surface area contributed by atoms with Crippen molar-refractivity contribution in [3.63, 3.8) is 0 Å². The zero-order valence-electron chi connectivity index (χ0n) is 16.0. The molecule has 1 aromatic carbocycles. The molecule has 3 rings (SSSR count). The van der Waals surface area contributed by atoms with Crippen LogP contribution in [0.25, 0.3) is 11.1 Å². The van der Waals surface area contributed by atoms with Crippen LogP contribution < -0.4 is 5.32 Å². The van der Waals surface area contributed by atoms with Gasteiger partial charge in [0, 0.05) is 23.4 Å². The topological polar surface area (TPSA) is 115 Å². The summed E-state index contributed by atoms with van der Waals surface area (Å²) >= 11 is 0. The number of methoxy groups -OCH3 is 1. The van der Waals surface area contributed by atoms with E-state index in [0.717, 1.165) is 13.0 Å². The third kappa shape index (κ3) is 3.93. The first-order chi connectivity index (χ1) is 13.5. The van der Waals surface area contributed by atoms with Crippen molar-refractivity contribution in [1.29, 1.82) is 0 Å².